The van der Waals surface area contributed by atoms with Crippen LogP contribution in [0.15, 0.2) is 192 Å². The number of nitrogens with zero attached hydrogens (tertiary/aromatic N) is 3. The summed E-state index contributed by atoms with van der Waals surface area (Å²) in [6.45, 7) is 0. The number of anilines is 3. The van der Waals surface area contributed by atoms with Gasteiger partial charge >= 0.3 is 0 Å². The van der Waals surface area contributed by atoms with Crippen molar-refractivity contribution in [2.75, 3.05) is 4.90 Å². The van der Waals surface area contributed by atoms with Crippen LogP contribution >= 0.6 is 11.3 Å². The van der Waals surface area contributed by atoms with Gasteiger partial charge in [0.25, 0.3) is 0 Å². The first kappa shape index (κ1) is 25.8. The molecule has 0 N–H and O–H groups in total. The Morgan fingerprint density at radius 3 is 2.13 bits per heavy atom. The second-order valence-electron chi connectivity index (χ2n) is 13.3. The fourth-order valence-electron chi connectivity index (χ4n) is 7.44. The number of para-hydroxylation sites is 1. The van der Waals surface area contributed by atoms with Crippen molar-refractivity contribution in [1.82, 2.24) is 9.97 Å². The predicted molar refractivity (Wildman–Crippen MR) is 231 cm³/mol. The summed E-state index contributed by atoms with van der Waals surface area (Å²) < 4.78 is 63.8. The fourth-order valence-corrected chi connectivity index (χ4v) is 8.59. The first-order valence-corrected chi connectivity index (χ1v) is 18.7. The zero-order chi connectivity index (χ0) is 41.5. The van der Waals surface area contributed by atoms with Crippen LogP contribution in [-0.2, 0) is 0 Å². The Kier molecular flexibility index (Phi) is 6.01. The number of benzene rings is 8. The molecule has 0 aliphatic rings. The van der Waals surface area contributed by atoms with Gasteiger partial charge in [-0.05, 0) is 71.0 Å². The lowest BCUT2D eigenvalue weighted by Crippen LogP contribution is -2.10. The molecule has 0 bridgehead atoms. The van der Waals surface area contributed by atoms with Crippen LogP contribution in [0.5, 0.6) is 0 Å². The number of hydrogen-bond acceptors (Lipinski definition) is 5. The summed E-state index contributed by atoms with van der Waals surface area (Å²) >= 11 is 1.57. The number of thiophene rings is 1. The molecule has 5 heteroatoms. The maximum absolute atomic E-state index is 9.53. The maximum atomic E-state index is 9.53. The minimum Gasteiger partial charge on any atom is -0.456 e. The van der Waals surface area contributed by atoms with Crippen molar-refractivity contribution < 1.29 is 12.6 Å². The van der Waals surface area contributed by atoms with Gasteiger partial charge < -0.3 is 9.32 Å². The normalized spacial score (nSPS) is 13.2. The molecule has 3 heterocycles. The van der Waals surface area contributed by atoms with Crippen molar-refractivity contribution in [3.63, 3.8) is 0 Å². The van der Waals surface area contributed by atoms with Crippen molar-refractivity contribution in [1.29, 1.82) is 0 Å². The summed E-state index contributed by atoms with van der Waals surface area (Å²) in [6.07, 6.45) is 0. The minimum absolute atomic E-state index is 0.0122. The van der Waals surface area contributed by atoms with Gasteiger partial charge in [0.1, 0.15) is 11.2 Å². The highest BCUT2D eigenvalue weighted by atomic mass is 32.1. The van der Waals surface area contributed by atoms with E-state index in [-0.39, 0.29) is 69.1 Å². The molecular weight excluding hydrogens is 691 g/mol. The molecule has 0 amide bonds. The van der Waals surface area contributed by atoms with Gasteiger partial charge in [0, 0.05) is 48.7 Å². The Balaban J connectivity index is 1.11. The van der Waals surface area contributed by atoms with Crippen LogP contribution in [0.25, 0.3) is 86.8 Å². The maximum Gasteiger partial charge on any atom is 0.161 e. The van der Waals surface area contributed by atoms with Crippen molar-refractivity contribution in [2.45, 2.75) is 0 Å². The lowest BCUT2D eigenvalue weighted by Gasteiger charge is -2.27. The summed E-state index contributed by atoms with van der Waals surface area (Å²) in [7, 11) is 0. The van der Waals surface area contributed by atoms with Gasteiger partial charge in [0.2, 0.25) is 0 Å². The molecule has 11 rings (SSSR count). The smallest absolute Gasteiger partial charge is 0.161 e. The van der Waals surface area contributed by atoms with Crippen LogP contribution < -0.4 is 4.90 Å². The van der Waals surface area contributed by atoms with Gasteiger partial charge in [-0.1, -0.05) is 133 Å². The molecule has 0 radical (unpaired) electrons. The average molecular weight is 728 g/mol. The van der Waals surface area contributed by atoms with E-state index in [1.807, 2.05) is 115 Å². The molecule has 3 aromatic heterocycles. The van der Waals surface area contributed by atoms with E-state index in [1.54, 1.807) is 11.3 Å². The third-order valence-electron chi connectivity index (χ3n) is 10.00. The van der Waals surface area contributed by atoms with E-state index < -0.39 is 6.04 Å². The van der Waals surface area contributed by atoms with E-state index in [2.05, 4.69) is 41.3 Å². The minimum atomic E-state index is -0.393. The molecule has 0 aliphatic heterocycles. The van der Waals surface area contributed by atoms with E-state index >= 15 is 0 Å². The SMILES string of the molecule is [2H]c1c([2H])c(-c2nc(-c3ccccc3)c3sc4ccccc4c3n2)c2c(oc3c([2H])c(-c4ccc(N(c5ccccc5)c5cccc6ccccc56)cc4)c([2H])c([2H])c32)c1[2H]. The first-order valence-electron chi connectivity index (χ1n) is 20.9. The molecular formula is C50H31N3OS. The molecule has 0 fully saturated rings. The summed E-state index contributed by atoms with van der Waals surface area (Å²) in [4.78, 5) is 12.3. The van der Waals surface area contributed by atoms with Crippen molar-refractivity contribution in [3.8, 4) is 33.8 Å². The van der Waals surface area contributed by atoms with Crippen molar-refractivity contribution in [2.24, 2.45) is 0 Å². The molecule has 11 aromatic rings. The predicted octanol–water partition coefficient (Wildman–Crippen LogP) is 14.4. The van der Waals surface area contributed by atoms with Gasteiger partial charge in [-0.15, -0.1) is 11.3 Å². The van der Waals surface area contributed by atoms with Gasteiger partial charge in [0.15, 0.2) is 5.82 Å². The molecule has 0 spiro atoms. The third-order valence-corrected chi connectivity index (χ3v) is 11.2. The number of fused-ring (bicyclic) bond motifs is 7. The quantitative estimate of drug-likeness (QED) is 0.171. The van der Waals surface area contributed by atoms with Crippen LogP contribution in [0.2, 0.25) is 0 Å². The van der Waals surface area contributed by atoms with Crippen LogP contribution in [0, 0.1) is 0 Å². The largest absolute Gasteiger partial charge is 0.456 e. The molecule has 0 aliphatic carbocycles. The Hall–Kier alpha value is -7.08. The molecule has 4 nitrogen and oxygen atoms in total. The number of hydrogen-bond donors (Lipinski definition) is 0. The van der Waals surface area contributed by atoms with E-state index in [4.69, 9.17) is 17.1 Å². The molecule has 0 atom stereocenters. The Bertz CT molecular complexity index is 3550. The summed E-state index contributed by atoms with van der Waals surface area (Å²) in [5.74, 6) is 0.132. The topological polar surface area (TPSA) is 42.2 Å². The molecule has 0 unspecified atom stereocenters. The molecule has 55 heavy (non-hydrogen) atoms. The van der Waals surface area contributed by atoms with E-state index in [9.17, 15) is 5.48 Å². The summed E-state index contributed by atoms with van der Waals surface area (Å²) in [5, 5.41) is 3.37. The first-order chi connectivity index (χ1) is 29.8. The Morgan fingerprint density at radius 1 is 0.545 bits per heavy atom. The Morgan fingerprint density at radius 2 is 1.27 bits per heavy atom. The highest BCUT2D eigenvalue weighted by Crippen LogP contribution is 2.43. The Labute approximate surface area is 329 Å². The van der Waals surface area contributed by atoms with Gasteiger partial charge in [-0.2, -0.15) is 0 Å². The van der Waals surface area contributed by atoms with E-state index in [1.165, 1.54) is 0 Å². The number of furan rings is 1. The highest BCUT2D eigenvalue weighted by Gasteiger charge is 2.20. The van der Waals surface area contributed by atoms with Gasteiger partial charge in [-0.25, -0.2) is 9.97 Å². The van der Waals surface area contributed by atoms with Crippen molar-refractivity contribution in [3.05, 3.63) is 188 Å². The zero-order valence-corrected chi connectivity index (χ0v) is 29.9. The summed E-state index contributed by atoms with van der Waals surface area (Å²) in [6, 6.07) is 48.1. The van der Waals surface area contributed by atoms with Gasteiger partial charge in [-0.3, -0.25) is 0 Å². The molecule has 0 saturated heterocycles. The number of aromatic nitrogens is 2. The molecule has 0 saturated carbocycles. The van der Waals surface area contributed by atoms with Crippen molar-refractivity contribution >= 4 is 81.4 Å². The second-order valence-corrected chi connectivity index (χ2v) is 14.3. The lowest BCUT2D eigenvalue weighted by atomic mass is 10.0. The third kappa shape index (κ3) is 5.28. The second kappa shape index (κ2) is 12.8. The van der Waals surface area contributed by atoms with E-state index in [0.29, 0.717) is 16.8 Å². The number of rotatable bonds is 6. The summed E-state index contributed by atoms with van der Waals surface area (Å²) in [5.41, 5.74) is 5.75. The van der Waals surface area contributed by atoms with E-state index in [0.717, 1.165) is 48.2 Å². The average Bonchev–Trinajstić information content (AvgIpc) is 3.89. The molecule has 258 valence electrons. The fraction of sp³-hybridized carbons (Fsp3) is 0. The van der Waals surface area contributed by atoms with Crippen LogP contribution in [0.1, 0.15) is 8.22 Å². The lowest BCUT2D eigenvalue weighted by molar-refractivity contribution is 0.669. The van der Waals surface area contributed by atoms with Crippen LogP contribution in [0.4, 0.5) is 17.1 Å². The molecule has 8 aromatic carbocycles. The van der Waals surface area contributed by atoms with Crippen LogP contribution in [0.3, 0.4) is 0 Å². The van der Waals surface area contributed by atoms with Crippen LogP contribution in [-0.4, -0.2) is 9.97 Å². The highest BCUT2D eigenvalue weighted by molar-refractivity contribution is 7.26. The van der Waals surface area contributed by atoms with Gasteiger partial charge in [0.05, 0.1) is 29.8 Å². The standard InChI is InChI=1S/C50H31N3OS/c1-3-14-34(15-4-1)47-49-48(40-20-9-10-24-45(40)55-49)52-50(51-47)41-21-12-23-43-46(41)39-30-27-35(31-44(39)54-43)32-25-28-37(29-26-32)53(36-17-5-2-6-18-36)42-22-11-16-33-13-7-8-19-38(33)42/h1-31H/i12D,21D,23D,27D,30D,31D. The zero-order valence-electron chi connectivity index (χ0n) is 35.1. The monoisotopic (exact) mass is 727 g/mol.